The highest BCUT2D eigenvalue weighted by Crippen LogP contribution is 2.23. The number of likely N-dealkylation sites (tertiary alicyclic amines) is 1. The molecular formula is C23H30N2O. The molecular weight excluding hydrogens is 320 g/mol. The highest BCUT2D eigenvalue weighted by Gasteiger charge is 2.19. The van der Waals surface area contributed by atoms with Crippen LogP contribution in [-0.2, 0) is 13.0 Å². The molecule has 0 atom stereocenters. The van der Waals surface area contributed by atoms with Crippen molar-refractivity contribution in [2.45, 2.75) is 39.2 Å². The van der Waals surface area contributed by atoms with Crippen molar-refractivity contribution >= 4 is 5.91 Å². The monoisotopic (exact) mass is 350 g/mol. The molecule has 0 aromatic heterocycles. The first-order valence-electron chi connectivity index (χ1n) is 9.88. The number of amides is 1. The molecule has 1 aliphatic rings. The Morgan fingerprint density at radius 2 is 1.77 bits per heavy atom. The standard InChI is InChI=1S/C23H30N2O/c1-2-13-24-23(26)22-10-6-9-21(17-22)18-25-14-11-20(12-15-25)16-19-7-4-3-5-8-19/h3-10,17,20H,2,11-16,18H2,1H3,(H,24,26). The van der Waals surface area contributed by atoms with E-state index in [-0.39, 0.29) is 5.91 Å². The lowest BCUT2D eigenvalue weighted by atomic mass is 9.90. The lowest BCUT2D eigenvalue weighted by molar-refractivity contribution is 0.0953. The molecule has 1 saturated heterocycles. The number of nitrogens with one attached hydrogen (secondary N) is 1. The van der Waals surface area contributed by atoms with Crippen molar-refractivity contribution in [1.82, 2.24) is 10.2 Å². The summed E-state index contributed by atoms with van der Waals surface area (Å²) < 4.78 is 0. The number of carbonyl (C=O) groups is 1. The predicted molar refractivity (Wildman–Crippen MR) is 107 cm³/mol. The molecule has 1 amide bonds. The summed E-state index contributed by atoms with van der Waals surface area (Å²) in [4.78, 5) is 14.7. The number of nitrogens with zero attached hydrogens (tertiary/aromatic N) is 1. The first kappa shape index (κ1) is 18.7. The van der Waals surface area contributed by atoms with E-state index in [0.29, 0.717) is 0 Å². The minimum Gasteiger partial charge on any atom is -0.352 e. The average molecular weight is 351 g/mol. The SMILES string of the molecule is CCCNC(=O)c1cccc(CN2CCC(Cc3ccccc3)CC2)c1. The van der Waals surface area contributed by atoms with Gasteiger partial charge in [-0.1, -0.05) is 49.4 Å². The molecule has 138 valence electrons. The molecule has 1 aliphatic heterocycles. The van der Waals surface area contributed by atoms with E-state index in [9.17, 15) is 4.79 Å². The lowest BCUT2D eigenvalue weighted by Gasteiger charge is -2.32. The van der Waals surface area contributed by atoms with Gasteiger partial charge in [-0.25, -0.2) is 0 Å². The van der Waals surface area contributed by atoms with Crippen LogP contribution < -0.4 is 5.32 Å². The van der Waals surface area contributed by atoms with Crippen LogP contribution >= 0.6 is 0 Å². The number of rotatable bonds is 7. The predicted octanol–water partition coefficient (Wildman–Crippen LogP) is 4.28. The van der Waals surface area contributed by atoms with Crippen LogP contribution in [0.3, 0.4) is 0 Å². The van der Waals surface area contributed by atoms with Gasteiger partial charge in [0.25, 0.3) is 5.91 Å². The van der Waals surface area contributed by atoms with Gasteiger partial charge in [0.05, 0.1) is 0 Å². The van der Waals surface area contributed by atoms with E-state index in [4.69, 9.17) is 0 Å². The van der Waals surface area contributed by atoms with E-state index in [2.05, 4.69) is 53.5 Å². The zero-order chi connectivity index (χ0) is 18.2. The van der Waals surface area contributed by atoms with Crippen LogP contribution in [0.2, 0.25) is 0 Å². The molecule has 1 N–H and O–H groups in total. The summed E-state index contributed by atoms with van der Waals surface area (Å²) in [5.74, 6) is 0.829. The Kier molecular flexibility index (Phi) is 6.84. The molecule has 2 aromatic rings. The van der Waals surface area contributed by atoms with Gasteiger partial charge < -0.3 is 5.32 Å². The molecule has 0 bridgehead atoms. The van der Waals surface area contributed by atoms with Gasteiger partial charge in [-0.3, -0.25) is 9.69 Å². The Hall–Kier alpha value is -2.13. The summed E-state index contributed by atoms with van der Waals surface area (Å²) in [5.41, 5.74) is 3.46. The Morgan fingerprint density at radius 3 is 2.50 bits per heavy atom. The van der Waals surface area contributed by atoms with Crippen LogP contribution in [0.1, 0.15) is 47.7 Å². The third-order valence-corrected chi connectivity index (χ3v) is 5.21. The Balaban J connectivity index is 1.49. The van der Waals surface area contributed by atoms with Crippen molar-refractivity contribution in [3.63, 3.8) is 0 Å². The highest BCUT2D eigenvalue weighted by atomic mass is 16.1. The topological polar surface area (TPSA) is 32.3 Å². The minimum absolute atomic E-state index is 0.0373. The third kappa shape index (κ3) is 5.43. The van der Waals surface area contributed by atoms with Crippen LogP contribution in [0.15, 0.2) is 54.6 Å². The fourth-order valence-corrected chi connectivity index (χ4v) is 3.71. The highest BCUT2D eigenvalue weighted by molar-refractivity contribution is 5.94. The first-order chi connectivity index (χ1) is 12.7. The van der Waals surface area contributed by atoms with Crippen molar-refractivity contribution in [2.75, 3.05) is 19.6 Å². The number of hydrogen-bond acceptors (Lipinski definition) is 2. The van der Waals surface area contributed by atoms with Gasteiger partial charge in [-0.2, -0.15) is 0 Å². The fraction of sp³-hybridized carbons (Fsp3) is 0.435. The summed E-state index contributed by atoms with van der Waals surface area (Å²) in [5, 5.41) is 2.96. The quantitative estimate of drug-likeness (QED) is 0.808. The van der Waals surface area contributed by atoms with E-state index in [0.717, 1.165) is 44.1 Å². The molecule has 0 unspecified atom stereocenters. The van der Waals surface area contributed by atoms with E-state index in [1.807, 2.05) is 18.2 Å². The maximum absolute atomic E-state index is 12.1. The molecule has 1 fully saturated rings. The molecule has 3 nitrogen and oxygen atoms in total. The van der Waals surface area contributed by atoms with Crippen LogP contribution in [0, 0.1) is 5.92 Å². The second kappa shape index (κ2) is 9.54. The Bertz CT molecular complexity index is 690. The summed E-state index contributed by atoms with van der Waals surface area (Å²) >= 11 is 0. The molecule has 26 heavy (non-hydrogen) atoms. The Labute approximate surface area is 157 Å². The zero-order valence-corrected chi connectivity index (χ0v) is 15.8. The summed E-state index contributed by atoms with van der Waals surface area (Å²) in [6.07, 6.45) is 4.67. The molecule has 0 aliphatic carbocycles. The van der Waals surface area contributed by atoms with Crippen molar-refractivity contribution < 1.29 is 4.79 Å². The minimum atomic E-state index is 0.0373. The second-order valence-electron chi connectivity index (χ2n) is 7.37. The van der Waals surface area contributed by atoms with Crippen molar-refractivity contribution in [1.29, 1.82) is 0 Å². The van der Waals surface area contributed by atoms with Crippen molar-refractivity contribution in [3.8, 4) is 0 Å². The molecule has 0 spiro atoms. The smallest absolute Gasteiger partial charge is 0.251 e. The van der Waals surface area contributed by atoms with Gasteiger partial charge >= 0.3 is 0 Å². The number of benzene rings is 2. The maximum Gasteiger partial charge on any atom is 0.251 e. The molecule has 1 heterocycles. The van der Waals surface area contributed by atoms with Crippen LogP contribution in [0.5, 0.6) is 0 Å². The second-order valence-corrected chi connectivity index (χ2v) is 7.37. The van der Waals surface area contributed by atoms with E-state index in [1.165, 1.54) is 30.4 Å². The van der Waals surface area contributed by atoms with Gasteiger partial charge in [0.15, 0.2) is 0 Å². The van der Waals surface area contributed by atoms with Gasteiger partial charge in [-0.05, 0) is 68.0 Å². The first-order valence-corrected chi connectivity index (χ1v) is 9.88. The number of hydrogen-bond donors (Lipinski definition) is 1. The van der Waals surface area contributed by atoms with Crippen LogP contribution in [0.25, 0.3) is 0 Å². The van der Waals surface area contributed by atoms with Gasteiger partial charge in [0.2, 0.25) is 0 Å². The third-order valence-electron chi connectivity index (χ3n) is 5.21. The van der Waals surface area contributed by atoms with Crippen molar-refractivity contribution in [2.24, 2.45) is 5.92 Å². The molecule has 0 radical (unpaired) electrons. The average Bonchev–Trinajstić information content (AvgIpc) is 2.69. The van der Waals surface area contributed by atoms with Gasteiger partial charge in [0, 0.05) is 18.7 Å². The number of carbonyl (C=O) groups excluding carboxylic acids is 1. The van der Waals surface area contributed by atoms with Crippen LogP contribution in [-0.4, -0.2) is 30.4 Å². The van der Waals surface area contributed by atoms with Gasteiger partial charge in [-0.15, -0.1) is 0 Å². The van der Waals surface area contributed by atoms with Crippen molar-refractivity contribution in [3.05, 3.63) is 71.3 Å². The summed E-state index contributed by atoms with van der Waals surface area (Å²) in [7, 11) is 0. The largest absolute Gasteiger partial charge is 0.352 e. The molecule has 3 rings (SSSR count). The summed E-state index contributed by atoms with van der Waals surface area (Å²) in [6, 6.07) is 18.9. The Morgan fingerprint density at radius 1 is 1.04 bits per heavy atom. The molecule has 2 aromatic carbocycles. The van der Waals surface area contributed by atoms with E-state index >= 15 is 0 Å². The van der Waals surface area contributed by atoms with Crippen LogP contribution in [0.4, 0.5) is 0 Å². The summed E-state index contributed by atoms with van der Waals surface area (Å²) in [6.45, 7) is 6.02. The lowest BCUT2D eigenvalue weighted by Crippen LogP contribution is -2.34. The fourth-order valence-electron chi connectivity index (χ4n) is 3.71. The molecule has 3 heteroatoms. The van der Waals surface area contributed by atoms with E-state index < -0.39 is 0 Å². The maximum atomic E-state index is 12.1. The van der Waals surface area contributed by atoms with Gasteiger partial charge in [0.1, 0.15) is 0 Å². The van der Waals surface area contributed by atoms with E-state index in [1.54, 1.807) is 0 Å². The normalized spacial score (nSPS) is 15.7. The molecule has 0 saturated carbocycles. The zero-order valence-electron chi connectivity index (χ0n) is 15.8. The number of piperidine rings is 1.